The van der Waals surface area contributed by atoms with E-state index in [0.29, 0.717) is 23.6 Å². The fourth-order valence-corrected chi connectivity index (χ4v) is 4.54. The van der Waals surface area contributed by atoms with Crippen LogP contribution in [0.15, 0.2) is 23.3 Å². The van der Waals surface area contributed by atoms with E-state index in [1.54, 1.807) is 19.1 Å². The molecule has 1 fully saturated rings. The second kappa shape index (κ2) is 6.19. The third kappa shape index (κ3) is 3.82. The summed E-state index contributed by atoms with van der Waals surface area (Å²) in [5.41, 5.74) is 3.94. The summed E-state index contributed by atoms with van der Waals surface area (Å²) in [5, 5.41) is 4.07. The molecule has 1 saturated heterocycles. The van der Waals surface area contributed by atoms with Crippen LogP contribution in [0.25, 0.3) is 0 Å². The molecule has 0 bridgehead atoms. The molecule has 1 N–H and O–H groups in total. The van der Waals surface area contributed by atoms with Gasteiger partial charge in [0.05, 0.1) is 17.2 Å². The fraction of sp³-hybridized carbons (Fsp3) is 0.467. The SMILES string of the molecule is C/C(=N/NC(=O)C[C@H]1CCS(=O)(=O)C1)c1ccc2c(c1)OCO2. The lowest BCUT2D eigenvalue weighted by Gasteiger charge is -2.07. The highest BCUT2D eigenvalue weighted by Crippen LogP contribution is 2.32. The third-order valence-electron chi connectivity index (χ3n) is 3.94. The zero-order valence-corrected chi connectivity index (χ0v) is 13.6. The van der Waals surface area contributed by atoms with Gasteiger partial charge in [0.2, 0.25) is 12.7 Å². The van der Waals surface area contributed by atoms with Crippen LogP contribution in [0.5, 0.6) is 11.5 Å². The van der Waals surface area contributed by atoms with E-state index in [2.05, 4.69) is 10.5 Å². The van der Waals surface area contributed by atoms with Crippen molar-refractivity contribution in [2.45, 2.75) is 19.8 Å². The number of nitrogens with one attached hydrogen (secondary N) is 1. The minimum Gasteiger partial charge on any atom is -0.454 e. The first-order valence-electron chi connectivity index (χ1n) is 7.36. The Morgan fingerprint density at radius 1 is 1.35 bits per heavy atom. The Morgan fingerprint density at radius 3 is 2.87 bits per heavy atom. The number of nitrogens with zero attached hydrogens (tertiary/aromatic N) is 1. The van der Waals surface area contributed by atoms with Crippen molar-refractivity contribution >= 4 is 21.5 Å². The molecule has 8 heteroatoms. The van der Waals surface area contributed by atoms with Gasteiger partial charge in [0, 0.05) is 12.0 Å². The summed E-state index contributed by atoms with van der Waals surface area (Å²) in [4.78, 5) is 11.9. The van der Waals surface area contributed by atoms with Crippen LogP contribution in [0.2, 0.25) is 0 Å². The summed E-state index contributed by atoms with van der Waals surface area (Å²) in [6, 6.07) is 5.43. The van der Waals surface area contributed by atoms with Gasteiger partial charge in [-0.1, -0.05) is 0 Å². The number of ether oxygens (including phenoxy) is 2. The predicted octanol–water partition coefficient (Wildman–Crippen LogP) is 1.08. The molecule has 0 radical (unpaired) electrons. The molecule has 23 heavy (non-hydrogen) atoms. The molecule has 3 rings (SSSR count). The van der Waals surface area contributed by atoms with E-state index in [-0.39, 0.29) is 36.5 Å². The average molecular weight is 338 g/mol. The van der Waals surface area contributed by atoms with Gasteiger partial charge in [-0.15, -0.1) is 0 Å². The van der Waals surface area contributed by atoms with Gasteiger partial charge < -0.3 is 9.47 Å². The highest BCUT2D eigenvalue weighted by molar-refractivity contribution is 7.91. The highest BCUT2D eigenvalue weighted by atomic mass is 32.2. The van der Waals surface area contributed by atoms with Gasteiger partial charge in [-0.25, -0.2) is 13.8 Å². The lowest BCUT2D eigenvalue weighted by molar-refractivity contribution is -0.121. The van der Waals surface area contributed by atoms with E-state index in [0.717, 1.165) is 5.56 Å². The van der Waals surface area contributed by atoms with Crippen molar-refractivity contribution in [2.75, 3.05) is 18.3 Å². The van der Waals surface area contributed by atoms with Crippen molar-refractivity contribution in [3.8, 4) is 11.5 Å². The van der Waals surface area contributed by atoms with Gasteiger partial charge in [0.15, 0.2) is 21.3 Å². The van der Waals surface area contributed by atoms with Gasteiger partial charge in [-0.2, -0.15) is 5.10 Å². The first kappa shape index (κ1) is 15.8. The third-order valence-corrected chi connectivity index (χ3v) is 5.78. The molecule has 0 spiro atoms. The Kier molecular flexibility index (Phi) is 4.25. The molecule has 2 aliphatic heterocycles. The normalized spacial score (nSPS) is 22.1. The van der Waals surface area contributed by atoms with Crippen molar-refractivity contribution in [2.24, 2.45) is 11.0 Å². The maximum Gasteiger partial charge on any atom is 0.240 e. The molecule has 1 atom stereocenters. The van der Waals surface area contributed by atoms with Crippen LogP contribution in [0.4, 0.5) is 0 Å². The largest absolute Gasteiger partial charge is 0.454 e. The topological polar surface area (TPSA) is 94.1 Å². The van der Waals surface area contributed by atoms with Gasteiger partial charge >= 0.3 is 0 Å². The zero-order chi connectivity index (χ0) is 16.4. The molecule has 7 nitrogen and oxygen atoms in total. The maximum absolute atomic E-state index is 11.9. The smallest absolute Gasteiger partial charge is 0.240 e. The molecule has 1 aromatic carbocycles. The quantitative estimate of drug-likeness (QED) is 0.655. The first-order valence-corrected chi connectivity index (χ1v) is 9.19. The number of hydrogen-bond donors (Lipinski definition) is 1. The lowest BCUT2D eigenvalue weighted by atomic mass is 10.1. The number of rotatable bonds is 4. The number of hydrazone groups is 1. The summed E-state index contributed by atoms with van der Waals surface area (Å²) < 4.78 is 33.3. The molecule has 1 amide bonds. The Balaban J connectivity index is 1.58. The second-order valence-electron chi connectivity index (χ2n) is 5.77. The van der Waals surface area contributed by atoms with Crippen molar-refractivity contribution in [1.82, 2.24) is 5.43 Å². The Morgan fingerprint density at radius 2 is 2.13 bits per heavy atom. The Labute approximate surface area is 134 Å². The Hall–Kier alpha value is -2.09. The van der Waals surface area contributed by atoms with Crippen LogP contribution < -0.4 is 14.9 Å². The van der Waals surface area contributed by atoms with Crippen LogP contribution in [-0.4, -0.2) is 38.3 Å². The molecule has 2 aliphatic rings. The summed E-state index contributed by atoms with van der Waals surface area (Å²) in [7, 11) is -2.96. The number of amides is 1. The molecule has 0 saturated carbocycles. The van der Waals surface area contributed by atoms with Crippen molar-refractivity contribution in [1.29, 1.82) is 0 Å². The van der Waals surface area contributed by atoms with Crippen LogP contribution in [0.1, 0.15) is 25.3 Å². The van der Waals surface area contributed by atoms with Crippen LogP contribution >= 0.6 is 0 Å². The first-order chi connectivity index (χ1) is 10.9. The average Bonchev–Trinajstić information content (AvgIpc) is 3.10. The fourth-order valence-electron chi connectivity index (χ4n) is 2.67. The van der Waals surface area contributed by atoms with Crippen molar-refractivity contribution in [3.05, 3.63) is 23.8 Å². The van der Waals surface area contributed by atoms with Gasteiger partial charge in [-0.05, 0) is 37.5 Å². The molecule has 124 valence electrons. The van der Waals surface area contributed by atoms with E-state index in [9.17, 15) is 13.2 Å². The van der Waals surface area contributed by atoms with E-state index < -0.39 is 9.84 Å². The van der Waals surface area contributed by atoms with E-state index in [4.69, 9.17) is 9.47 Å². The summed E-state index contributed by atoms with van der Waals surface area (Å²) in [5.74, 6) is 1.22. The Bertz CT molecular complexity index is 757. The molecule has 2 heterocycles. The summed E-state index contributed by atoms with van der Waals surface area (Å²) in [6.45, 7) is 1.98. The number of sulfone groups is 1. The standard InChI is InChI=1S/C15H18N2O5S/c1-10(12-2-3-13-14(7-12)22-9-21-13)16-17-15(18)6-11-4-5-23(19,20)8-11/h2-3,7,11H,4-6,8-9H2,1H3,(H,17,18)/b16-10-/t11-/m1/s1. The van der Waals surface area contributed by atoms with E-state index in [1.165, 1.54) is 0 Å². The van der Waals surface area contributed by atoms with Crippen molar-refractivity contribution < 1.29 is 22.7 Å². The van der Waals surface area contributed by atoms with Gasteiger partial charge in [-0.3, -0.25) is 4.79 Å². The molecule has 0 aromatic heterocycles. The summed E-state index contributed by atoms with van der Waals surface area (Å²) in [6.07, 6.45) is 0.720. The summed E-state index contributed by atoms with van der Waals surface area (Å²) >= 11 is 0. The molecular weight excluding hydrogens is 320 g/mol. The predicted molar refractivity (Wildman–Crippen MR) is 84.3 cm³/mol. The highest BCUT2D eigenvalue weighted by Gasteiger charge is 2.29. The van der Waals surface area contributed by atoms with Gasteiger partial charge in [0.1, 0.15) is 0 Å². The number of carbonyl (C=O) groups is 1. The molecule has 1 aromatic rings. The maximum atomic E-state index is 11.9. The lowest BCUT2D eigenvalue weighted by Crippen LogP contribution is -2.22. The molecular formula is C15H18N2O5S. The number of benzene rings is 1. The van der Waals surface area contributed by atoms with Crippen LogP contribution in [0, 0.1) is 5.92 Å². The van der Waals surface area contributed by atoms with Gasteiger partial charge in [0.25, 0.3) is 0 Å². The number of carbonyl (C=O) groups excluding carboxylic acids is 1. The number of fused-ring (bicyclic) bond motifs is 1. The zero-order valence-electron chi connectivity index (χ0n) is 12.7. The number of hydrogen-bond acceptors (Lipinski definition) is 6. The van der Waals surface area contributed by atoms with E-state index >= 15 is 0 Å². The molecule has 0 aliphatic carbocycles. The monoisotopic (exact) mass is 338 g/mol. The van der Waals surface area contributed by atoms with E-state index in [1.807, 2.05) is 6.07 Å². The van der Waals surface area contributed by atoms with Crippen LogP contribution in [-0.2, 0) is 14.6 Å². The minimum atomic E-state index is -2.96. The van der Waals surface area contributed by atoms with Crippen LogP contribution in [0.3, 0.4) is 0 Å². The van der Waals surface area contributed by atoms with Crippen molar-refractivity contribution in [3.63, 3.8) is 0 Å². The molecule has 0 unspecified atom stereocenters. The minimum absolute atomic E-state index is 0.0886. The second-order valence-corrected chi connectivity index (χ2v) is 8.00.